The Morgan fingerprint density at radius 3 is 2.54 bits per heavy atom. The molecule has 3 rings (SSSR count). The van der Waals surface area contributed by atoms with Gasteiger partial charge in [0.1, 0.15) is 5.82 Å². The second kappa shape index (κ2) is 8.94. The van der Waals surface area contributed by atoms with Gasteiger partial charge in [0, 0.05) is 46.3 Å². The summed E-state index contributed by atoms with van der Waals surface area (Å²) in [6.45, 7) is 7.39. The molecule has 3 heterocycles. The number of likely N-dealkylation sites (tertiary alicyclic amines) is 1. The molecule has 0 radical (unpaired) electrons. The number of amides is 1. The molecular formula is C20H33N5O3. The lowest BCUT2D eigenvalue weighted by atomic mass is 9.97. The van der Waals surface area contributed by atoms with Crippen LogP contribution in [-0.4, -0.2) is 59.2 Å². The Balaban J connectivity index is 1.55. The summed E-state index contributed by atoms with van der Waals surface area (Å²) in [7, 11) is 3.14. The van der Waals surface area contributed by atoms with E-state index in [0.717, 1.165) is 49.5 Å². The maximum absolute atomic E-state index is 12.7. The molecule has 0 aromatic carbocycles. The first-order valence-electron chi connectivity index (χ1n) is 10.4. The highest BCUT2D eigenvalue weighted by Gasteiger charge is 2.27. The number of nitrogens with one attached hydrogen (secondary N) is 1. The summed E-state index contributed by atoms with van der Waals surface area (Å²) < 4.78 is 2.58. The Hall–Kier alpha value is -2.09. The molecule has 2 aliphatic rings. The van der Waals surface area contributed by atoms with Crippen molar-refractivity contribution in [3.63, 3.8) is 0 Å². The fourth-order valence-electron chi connectivity index (χ4n) is 4.19. The van der Waals surface area contributed by atoms with Crippen LogP contribution in [-0.2, 0) is 18.9 Å². The minimum absolute atomic E-state index is 0.0731. The molecule has 1 atom stereocenters. The van der Waals surface area contributed by atoms with Crippen molar-refractivity contribution in [1.82, 2.24) is 19.4 Å². The molecule has 1 N–H and O–H groups in total. The van der Waals surface area contributed by atoms with Crippen LogP contribution in [0, 0.1) is 11.8 Å². The van der Waals surface area contributed by atoms with Gasteiger partial charge in [0.2, 0.25) is 5.91 Å². The van der Waals surface area contributed by atoms with Crippen LogP contribution in [0.1, 0.15) is 32.6 Å². The number of aromatic nitrogens is 2. The molecule has 156 valence electrons. The Labute approximate surface area is 166 Å². The number of hydrogen-bond acceptors (Lipinski definition) is 5. The zero-order valence-corrected chi connectivity index (χ0v) is 17.3. The largest absolute Gasteiger partial charge is 0.357 e. The van der Waals surface area contributed by atoms with Crippen LogP contribution in [0.3, 0.4) is 0 Å². The normalized spacial score (nSPS) is 21.7. The third kappa shape index (κ3) is 4.66. The zero-order valence-electron chi connectivity index (χ0n) is 17.3. The molecule has 8 heteroatoms. The van der Waals surface area contributed by atoms with Crippen LogP contribution in [0.2, 0.25) is 0 Å². The van der Waals surface area contributed by atoms with Crippen molar-refractivity contribution in [2.24, 2.45) is 25.9 Å². The van der Waals surface area contributed by atoms with E-state index in [1.165, 1.54) is 30.5 Å². The number of anilines is 1. The highest BCUT2D eigenvalue weighted by Crippen LogP contribution is 2.21. The quantitative estimate of drug-likeness (QED) is 0.773. The van der Waals surface area contributed by atoms with Crippen LogP contribution in [0.5, 0.6) is 0 Å². The van der Waals surface area contributed by atoms with Crippen molar-refractivity contribution in [2.45, 2.75) is 32.6 Å². The zero-order chi connectivity index (χ0) is 20.3. The van der Waals surface area contributed by atoms with Gasteiger partial charge in [0.15, 0.2) is 0 Å². The standard InChI is InChI=1S/C20H33N5O3/c1-15-6-10-24(11-7-15)12-8-21-19(27)16-5-4-9-25(14-16)17-13-18(26)23(3)20(28)22(17)2/h13,15-16H,4-12,14H2,1-3H3,(H,21,27)/t16-/m1/s1. The fourth-order valence-corrected chi connectivity index (χ4v) is 4.19. The van der Waals surface area contributed by atoms with Gasteiger partial charge in [-0.1, -0.05) is 6.92 Å². The molecule has 2 saturated heterocycles. The average Bonchev–Trinajstić information content (AvgIpc) is 2.70. The topological polar surface area (TPSA) is 79.6 Å². The van der Waals surface area contributed by atoms with Crippen molar-refractivity contribution in [1.29, 1.82) is 0 Å². The maximum atomic E-state index is 12.7. The number of carbonyl (C=O) groups is 1. The summed E-state index contributed by atoms with van der Waals surface area (Å²) in [5.74, 6) is 1.36. The lowest BCUT2D eigenvalue weighted by molar-refractivity contribution is -0.125. The molecule has 2 aliphatic heterocycles. The summed E-state index contributed by atoms with van der Waals surface area (Å²) in [4.78, 5) is 41.3. The summed E-state index contributed by atoms with van der Waals surface area (Å²) in [5, 5.41) is 3.09. The number of rotatable bonds is 5. The molecule has 1 amide bonds. The Kier molecular flexibility index (Phi) is 6.59. The summed E-state index contributed by atoms with van der Waals surface area (Å²) >= 11 is 0. The number of piperidine rings is 2. The predicted molar refractivity (Wildman–Crippen MR) is 110 cm³/mol. The fraction of sp³-hybridized carbons (Fsp3) is 0.750. The molecule has 0 unspecified atom stereocenters. The summed E-state index contributed by atoms with van der Waals surface area (Å²) in [5.41, 5.74) is -0.662. The van der Waals surface area contributed by atoms with Gasteiger partial charge in [-0.05, 0) is 44.7 Å². The molecule has 0 spiro atoms. The van der Waals surface area contributed by atoms with Gasteiger partial charge in [-0.3, -0.25) is 18.7 Å². The minimum Gasteiger partial charge on any atom is -0.357 e. The van der Waals surface area contributed by atoms with E-state index in [1.807, 2.05) is 4.90 Å². The van der Waals surface area contributed by atoms with E-state index in [4.69, 9.17) is 0 Å². The average molecular weight is 392 g/mol. The monoisotopic (exact) mass is 391 g/mol. The third-order valence-electron chi connectivity index (χ3n) is 6.22. The van der Waals surface area contributed by atoms with Crippen molar-refractivity contribution < 1.29 is 4.79 Å². The van der Waals surface area contributed by atoms with Crippen molar-refractivity contribution in [3.8, 4) is 0 Å². The van der Waals surface area contributed by atoms with Crippen molar-refractivity contribution in [3.05, 3.63) is 26.9 Å². The summed E-state index contributed by atoms with van der Waals surface area (Å²) in [6, 6.07) is 1.49. The van der Waals surface area contributed by atoms with Crippen molar-refractivity contribution >= 4 is 11.7 Å². The second-order valence-electron chi connectivity index (χ2n) is 8.34. The van der Waals surface area contributed by atoms with Crippen LogP contribution >= 0.6 is 0 Å². The Bertz CT molecular complexity index is 807. The Morgan fingerprint density at radius 1 is 1.11 bits per heavy atom. The van der Waals surface area contributed by atoms with E-state index in [0.29, 0.717) is 18.9 Å². The first-order valence-corrected chi connectivity index (χ1v) is 10.4. The van der Waals surface area contributed by atoms with Crippen LogP contribution in [0.15, 0.2) is 15.7 Å². The second-order valence-corrected chi connectivity index (χ2v) is 8.34. The van der Waals surface area contributed by atoms with Crippen molar-refractivity contribution in [2.75, 3.05) is 44.2 Å². The van der Waals surface area contributed by atoms with E-state index < -0.39 is 0 Å². The maximum Gasteiger partial charge on any atom is 0.332 e. The third-order valence-corrected chi connectivity index (χ3v) is 6.22. The lowest BCUT2D eigenvalue weighted by Crippen LogP contribution is -2.47. The van der Waals surface area contributed by atoms with Gasteiger partial charge in [-0.15, -0.1) is 0 Å². The smallest absolute Gasteiger partial charge is 0.332 e. The first kappa shape index (κ1) is 20.6. The number of hydrogen-bond donors (Lipinski definition) is 1. The molecule has 8 nitrogen and oxygen atoms in total. The number of carbonyl (C=O) groups excluding carboxylic acids is 1. The van der Waals surface area contributed by atoms with Gasteiger partial charge in [-0.2, -0.15) is 0 Å². The molecule has 28 heavy (non-hydrogen) atoms. The van der Waals surface area contributed by atoms with E-state index >= 15 is 0 Å². The molecule has 1 aromatic heterocycles. The van der Waals surface area contributed by atoms with Gasteiger partial charge >= 0.3 is 5.69 Å². The van der Waals surface area contributed by atoms with Crippen LogP contribution in [0.25, 0.3) is 0 Å². The van der Waals surface area contributed by atoms with Crippen LogP contribution < -0.4 is 21.5 Å². The van der Waals surface area contributed by atoms with E-state index in [-0.39, 0.29) is 23.1 Å². The van der Waals surface area contributed by atoms with Gasteiger partial charge < -0.3 is 15.1 Å². The summed E-state index contributed by atoms with van der Waals surface area (Å²) in [6.07, 6.45) is 4.18. The minimum atomic E-state index is -0.343. The number of nitrogens with zero attached hydrogens (tertiary/aromatic N) is 4. The first-order chi connectivity index (χ1) is 13.4. The Morgan fingerprint density at radius 2 is 1.82 bits per heavy atom. The molecule has 2 fully saturated rings. The van der Waals surface area contributed by atoms with Gasteiger partial charge in [-0.25, -0.2) is 4.79 Å². The van der Waals surface area contributed by atoms with E-state index in [1.54, 1.807) is 7.05 Å². The molecule has 1 aromatic rings. The highest BCUT2D eigenvalue weighted by atomic mass is 16.2. The highest BCUT2D eigenvalue weighted by molar-refractivity contribution is 5.79. The van der Waals surface area contributed by atoms with Gasteiger partial charge in [0.05, 0.1) is 5.92 Å². The van der Waals surface area contributed by atoms with Crippen LogP contribution in [0.4, 0.5) is 5.82 Å². The molecule has 0 saturated carbocycles. The van der Waals surface area contributed by atoms with E-state index in [2.05, 4.69) is 17.1 Å². The molecular weight excluding hydrogens is 358 g/mol. The predicted octanol–water partition coefficient (Wildman–Crippen LogP) is 0.149. The lowest BCUT2D eigenvalue weighted by Gasteiger charge is -2.34. The molecule has 0 aliphatic carbocycles. The van der Waals surface area contributed by atoms with E-state index in [9.17, 15) is 14.4 Å². The van der Waals surface area contributed by atoms with Gasteiger partial charge in [0.25, 0.3) is 5.56 Å². The SMILES string of the molecule is CC1CCN(CCNC(=O)[C@@H]2CCCN(c3cc(=O)n(C)c(=O)n3C)C2)CC1. The molecule has 0 bridgehead atoms.